The van der Waals surface area contributed by atoms with Gasteiger partial charge in [-0.15, -0.1) is 0 Å². The van der Waals surface area contributed by atoms with Gasteiger partial charge in [0.05, 0.1) is 34.9 Å². The molecule has 0 amide bonds. The van der Waals surface area contributed by atoms with Crippen LogP contribution in [0.25, 0.3) is 21.9 Å². The lowest BCUT2D eigenvalue weighted by Gasteiger charge is -2.34. The van der Waals surface area contributed by atoms with Crippen molar-refractivity contribution in [3.8, 4) is 0 Å². The molecule has 0 bridgehead atoms. The molecule has 1 aromatic carbocycles. The number of benzene rings is 1. The lowest BCUT2D eigenvalue weighted by molar-refractivity contribution is 0.0100. The fraction of sp³-hybridized carbons (Fsp3) is 0.409. The highest BCUT2D eigenvalue weighted by Gasteiger charge is 2.31. The molecule has 10 heteroatoms. The molecule has 0 atom stereocenters. The van der Waals surface area contributed by atoms with E-state index < -0.39 is 15.4 Å². The van der Waals surface area contributed by atoms with Crippen molar-refractivity contribution in [1.82, 2.24) is 24.3 Å². The van der Waals surface area contributed by atoms with Crippen molar-refractivity contribution in [2.45, 2.75) is 55.8 Å². The molecule has 1 aliphatic carbocycles. The van der Waals surface area contributed by atoms with Crippen LogP contribution in [-0.4, -0.2) is 49.7 Å². The molecule has 168 valence electrons. The first-order chi connectivity index (χ1) is 15.1. The van der Waals surface area contributed by atoms with E-state index in [0.717, 1.165) is 36.0 Å². The normalized spacial score (nSPS) is 22.1. The Kier molecular flexibility index (Phi) is 5.03. The molecule has 4 aromatic rings. The zero-order valence-electron chi connectivity index (χ0n) is 17.9. The number of rotatable bonds is 4. The van der Waals surface area contributed by atoms with Crippen molar-refractivity contribution < 1.29 is 13.5 Å². The van der Waals surface area contributed by atoms with Crippen molar-refractivity contribution in [2.75, 3.05) is 6.26 Å². The molecule has 3 heterocycles. The third-order valence-electron chi connectivity index (χ3n) is 6.28. The summed E-state index contributed by atoms with van der Waals surface area (Å²) in [7, 11) is -3.51. The van der Waals surface area contributed by atoms with Crippen molar-refractivity contribution in [3.05, 3.63) is 47.5 Å². The van der Waals surface area contributed by atoms with Crippen LogP contribution in [-0.2, 0) is 16.4 Å². The van der Waals surface area contributed by atoms with Crippen LogP contribution in [0.3, 0.4) is 0 Å². The topological polar surface area (TPSA) is 103 Å². The Balaban J connectivity index is 1.64. The van der Waals surface area contributed by atoms with Gasteiger partial charge >= 0.3 is 0 Å². The summed E-state index contributed by atoms with van der Waals surface area (Å²) in [6.07, 6.45) is 7.40. The highest BCUT2D eigenvalue weighted by atomic mass is 35.5. The zero-order valence-corrected chi connectivity index (χ0v) is 19.4. The molecule has 0 radical (unpaired) electrons. The van der Waals surface area contributed by atoms with Crippen molar-refractivity contribution in [1.29, 1.82) is 0 Å². The fourth-order valence-electron chi connectivity index (χ4n) is 4.64. The average molecular weight is 474 g/mol. The van der Waals surface area contributed by atoms with Gasteiger partial charge in [-0.1, -0.05) is 11.6 Å². The minimum absolute atomic E-state index is 0.0364. The van der Waals surface area contributed by atoms with Crippen molar-refractivity contribution >= 4 is 43.4 Å². The van der Waals surface area contributed by atoms with Crippen LogP contribution in [0.5, 0.6) is 0 Å². The van der Waals surface area contributed by atoms with Crippen LogP contribution in [0.1, 0.15) is 44.5 Å². The Morgan fingerprint density at radius 3 is 2.69 bits per heavy atom. The van der Waals surface area contributed by atoms with Crippen LogP contribution in [0.2, 0.25) is 5.02 Å². The predicted octanol–water partition coefficient (Wildman–Crippen LogP) is 3.75. The summed E-state index contributed by atoms with van der Waals surface area (Å²) >= 11 is 6.22. The summed E-state index contributed by atoms with van der Waals surface area (Å²) in [6.45, 7) is 2.17. The third-order valence-corrected chi connectivity index (χ3v) is 7.52. The minimum Gasteiger partial charge on any atom is -0.390 e. The van der Waals surface area contributed by atoms with Crippen molar-refractivity contribution in [2.24, 2.45) is 0 Å². The number of sulfone groups is 1. The number of pyridine rings is 1. The largest absolute Gasteiger partial charge is 0.390 e. The number of hydrogen-bond acceptors (Lipinski definition) is 6. The Labute approximate surface area is 190 Å². The number of halogens is 1. The molecule has 1 saturated carbocycles. The first-order valence-electron chi connectivity index (χ1n) is 10.5. The number of fused-ring (bicyclic) bond motifs is 2. The third kappa shape index (κ3) is 3.78. The molecule has 0 saturated heterocycles. The van der Waals surface area contributed by atoms with Gasteiger partial charge < -0.3 is 9.67 Å². The lowest BCUT2D eigenvalue weighted by Crippen LogP contribution is -2.32. The molecule has 1 fully saturated rings. The monoisotopic (exact) mass is 473 g/mol. The SMILES string of the molecule is CC1(O)CCC(n2c(Cn3nc(S(C)(=O)=O)c4ccncc43)nc3cc(Cl)ccc32)CC1. The van der Waals surface area contributed by atoms with E-state index in [-0.39, 0.29) is 17.6 Å². The van der Waals surface area contributed by atoms with Crippen LogP contribution >= 0.6 is 11.6 Å². The van der Waals surface area contributed by atoms with E-state index in [1.165, 1.54) is 0 Å². The second-order valence-corrected chi connectivity index (χ2v) is 11.3. The first-order valence-corrected chi connectivity index (χ1v) is 12.8. The average Bonchev–Trinajstić information content (AvgIpc) is 3.26. The van der Waals surface area contributed by atoms with E-state index in [0.29, 0.717) is 28.8 Å². The molecule has 1 N–H and O–H groups in total. The molecular weight excluding hydrogens is 450 g/mol. The van der Waals surface area contributed by atoms with Crippen LogP contribution in [0.4, 0.5) is 0 Å². The van der Waals surface area contributed by atoms with Gasteiger partial charge in [-0.3, -0.25) is 9.67 Å². The van der Waals surface area contributed by atoms with E-state index >= 15 is 0 Å². The van der Waals surface area contributed by atoms with Gasteiger partial charge in [0, 0.05) is 28.9 Å². The number of aromatic nitrogens is 5. The molecule has 0 unspecified atom stereocenters. The summed E-state index contributed by atoms with van der Waals surface area (Å²) in [5.74, 6) is 0.766. The zero-order chi connectivity index (χ0) is 22.7. The van der Waals surface area contributed by atoms with Gasteiger partial charge in [-0.05, 0) is 56.9 Å². The van der Waals surface area contributed by atoms with E-state index in [1.807, 2.05) is 25.1 Å². The summed E-state index contributed by atoms with van der Waals surface area (Å²) < 4.78 is 28.5. The summed E-state index contributed by atoms with van der Waals surface area (Å²) in [4.78, 5) is 9.01. The lowest BCUT2D eigenvalue weighted by atomic mass is 9.83. The van der Waals surface area contributed by atoms with Gasteiger partial charge in [0.1, 0.15) is 5.82 Å². The fourth-order valence-corrected chi connectivity index (χ4v) is 5.63. The maximum Gasteiger partial charge on any atom is 0.195 e. The van der Waals surface area contributed by atoms with Crippen LogP contribution in [0, 0.1) is 0 Å². The smallest absolute Gasteiger partial charge is 0.195 e. The molecular formula is C22H24ClN5O3S. The maximum atomic E-state index is 12.3. The molecule has 0 spiro atoms. The van der Waals surface area contributed by atoms with Crippen molar-refractivity contribution in [3.63, 3.8) is 0 Å². The summed E-state index contributed by atoms with van der Waals surface area (Å²) in [5.41, 5.74) is 1.73. The Morgan fingerprint density at radius 2 is 1.97 bits per heavy atom. The van der Waals surface area contributed by atoms with E-state index in [2.05, 4.69) is 14.6 Å². The predicted molar refractivity (Wildman–Crippen MR) is 123 cm³/mol. The highest BCUT2D eigenvalue weighted by molar-refractivity contribution is 7.90. The number of hydrogen-bond donors (Lipinski definition) is 1. The van der Waals surface area contributed by atoms with Gasteiger partial charge in [-0.25, -0.2) is 13.4 Å². The number of aliphatic hydroxyl groups is 1. The molecule has 32 heavy (non-hydrogen) atoms. The van der Waals surface area contributed by atoms with Crippen LogP contribution < -0.4 is 0 Å². The number of imidazole rings is 1. The summed E-state index contributed by atoms with van der Waals surface area (Å²) in [5, 5.41) is 16.0. The molecule has 0 aliphatic heterocycles. The standard InChI is InChI=1S/C22H24ClN5O3S/c1-22(29)8-5-15(6-9-22)28-18-4-3-14(23)11-17(18)25-20(28)13-27-19-12-24-10-7-16(19)21(26-27)32(2,30)31/h3-4,7,10-12,15,29H,5-6,8-9,13H2,1-2H3. The quantitative estimate of drug-likeness (QED) is 0.484. The molecule has 8 nitrogen and oxygen atoms in total. The number of nitrogens with zero attached hydrogens (tertiary/aromatic N) is 5. The molecule has 1 aliphatic rings. The van der Waals surface area contributed by atoms with E-state index in [1.54, 1.807) is 23.1 Å². The second-order valence-electron chi connectivity index (χ2n) is 8.89. The van der Waals surface area contributed by atoms with Gasteiger partial charge in [0.15, 0.2) is 14.9 Å². The van der Waals surface area contributed by atoms with Gasteiger partial charge in [-0.2, -0.15) is 5.10 Å². The van der Waals surface area contributed by atoms with Gasteiger partial charge in [0.2, 0.25) is 0 Å². The minimum atomic E-state index is -3.51. The Hall–Kier alpha value is -2.49. The van der Waals surface area contributed by atoms with E-state index in [4.69, 9.17) is 16.6 Å². The molecule has 3 aromatic heterocycles. The van der Waals surface area contributed by atoms with Crippen LogP contribution in [0.15, 0.2) is 41.7 Å². The summed E-state index contributed by atoms with van der Waals surface area (Å²) in [6, 6.07) is 7.48. The Morgan fingerprint density at radius 1 is 1.22 bits per heavy atom. The Bertz CT molecular complexity index is 1430. The first kappa shape index (κ1) is 21.4. The second kappa shape index (κ2) is 7.54. The van der Waals surface area contributed by atoms with Gasteiger partial charge in [0.25, 0.3) is 0 Å². The maximum absolute atomic E-state index is 12.3. The van der Waals surface area contributed by atoms with E-state index in [9.17, 15) is 13.5 Å². The molecule has 5 rings (SSSR count). The highest BCUT2D eigenvalue weighted by Crippen LogP contribution is 2.38.